The minimum Gasteiger partial charge on any atom is -0.748 e. The van der Waals surface area contributed by atoms with Crippen molar-refractivity contribution in [3.63, 3.8) is 0 Å². The lowest BCUT2D eigenvalue weighted by Gasteiger charge is -2.24. The first-order valence-corrected chi connectivity index (χ1v) is 7.55. The molecule has 0 radical (unpaired) electrons. The number of ketones is 2. The van der Waals surface area contributed by atoms with Crippen molar-refractivity contribution in [3.05, 3.63) is 58.8 Å². The number of hydrogen-bond acceptors (Lipinski definition) is 4. The monoisotopic (exact) mass is 380 g/mol. The van der Waals surface area contributed by atoms with Crippen LogP contribution in [0.2, 0.25) is 0 Å². The van der Waals surface area contributed by atoms with Crippen LogP contribution < -0.4 is 3.28 Å². The van der Waals surface area contributed by atoms with Gasteiger partial charge in [-0.25, -0.2) is 3.07 Å². The Morgan fingerprint density at radius 2 is 1.45 bits per heavy atom. The molecule has 0 aromatic heterocycles. The summed E-state index contributed by atoms with van der Waals surface area (Å²) < 4.78 is 11.1. The molecule has 0 aliphatic heterocycles. The van der Waals surface area contributed by atoms with Crippen LogP contribution in [0.3, 0.4) is 0 Å². The standard InChI is InChI=1S/C14H7INO4/c17-13-11-4-2-1-3-9(11)10-6-5-8(16(20)15-19)7-12(10)14(13)18/h1-7H/q-1. The van der Waals surface area contributed by atoms with Crippen LogP contribution in [0.15, 0.2) is 42.5 Å². The lowest BCUT2D eigenvalue weighted by molar-refractivity contribution is 0.0815. The van der Waals surface area contributed by atoms with E-state index in [1.54, 1.807) is 30.3 Å². The van der Waals surface area contributed by atoms with E-state index in [-0.39, 0.29) is 11.3 Å². The second kappa shape index (κ2) is 4.88. The molecule has 2 aromatic carbocycles. The van der Waals surface area contributed by atoms with Gasteiger partial charge in [-0.2, -0.15) is 0 Å². The molecule has 20 heavy (non-hydrogen) atoms. The predicted octanol–water partition coefficient (Wildman–Crippen LogP) is 3.27. The van der Waals surface area contributed by atoms with Crippen LogP contribution in [0.1, 0.15) is 20.7 Å². The third-order valence-electron chi connectivity index (χ3n) is 3.18. The van der Waals surface area contributed by atoms with Crippen LogP contribution in [-0.2, 0) is 3.07 Å². The predicted molar refractivity (Wildman–Crippen MR) is 81.1 cm³/mol. The minimum absolute atomic E-state index is 0.132. The SMILES string of the molecule is O=IN([O-])c1ccc2c(c1)C(=O)C(=O)c1ccccc1-2. The van der Waals surface area contributed by atoms with Gasteiger partial charge in [-0.15, -0.1) is 0 Å². The van der Waals surface area contributed by atoms with Crippen LogP contribution in [0.4, 0.5) is 5.69 Å². The minimum atomic E-state index is -1.90. The highest BCUT2D eigenvalue weighted by Gasteiger charge is 2.30. The quantitative estimate of drug-likeness (QED) is 0.346. The molecule has 1 aliphatic rings. The summed E-state index contributed by atoms with van der Waals surface area (Å²) in [5.41, 5.74) is 1.98. The average Bonchev–Trinajstić information content (AvgIpc) is 2.51. The van der Waals surface area contributed by atoms with E-state index in [4.69, 9.17) is 0 Å². The first-order valence-electron chi connectivity index (χ1n) is 5.70. The Hall–Kier alpha value is -1.93. The summed E-state index contributed by atoms with van der Waals surface area (Å²) in [6.07, 6.45) is 0. The molecule has 6 heteroatoms. The fraction of sp³-hybridized carbons (Fsp3) is 0. The van der Waals surface area contributed by atoms with Crippen LogP contribution in [0.5, 0.6) is 0 Å². The highest BCUT2D eigenvalue weighted by molar-refractivity contribution is 14.1. The van der Waals surface area contributed by atoms with Crippen molar-refractivity contribution in [1.29, 1.82) is 0 Å². The third kappa shape index (κ3) is 1.88. The number of halogens is 1. The van der Waals surface area contributed by atoms with E-state index in [0.717, 1.165) is 0 Å². The molecule has 1 aliphatic carbocycles. The van der Waals surface area contributed by atoms with Crippen molar-refractivity contribution >= 4 is 38.7 Å². The topological polar surface area (TPSA) is 77.5 Å². The summed E-state index contributed by atoms with van der Waals surface area (Å²) in [7, 11) is 0. The third-order valence-corrected chi connectivity index (χ3v) is 4.10. The molecule has 3 rings (SSSR count). The molecule has 0 heterocycles. The van der Waals surface area contributed by atoms with Crippen LogP contribution in [-0.4, -0.2) is 11.6 Å². The molecule has 100 valence electrons. The van der Waals surface area contributed by atoms with Gasteiger partial charge in [0.2, 0.25) is 11.6 Å². The van der Waals surface area contributed by atoms with E-state index in [2.05, 4.69) is 0 Å². The molecule has 2 aromatic rings. The molecule has 0 fully saturated rings. The summed E-state index contributed by atoms with van der Waals surface area (Å²) in [6, 6.07) is 11.3. The zero-order chi connectivity index (χ0) is 14.3. The van der Waals surface area contributed by atoms with Crippen LogP contribution in [0.25, 0.3) is 11.1 Å². The summed E-state index contributed by atoms with van der Waals surface area (Å²) in [5, 5.41) is 11.4. The van der Waals surface area contributed by atoms with Gasteiger partial charge in [-0.05, 0) is 23.3 Å². The van der Waals surface area contributed by atoms with Gasteiger partial charge < -0.3 is 8.48 Å². The van der Waals surface area contributed by atoms with E-state index in [1.807, 2.05) is 0 Å². The Morgan fingerprint density at radius 3 is 2.15 bits per heavy atom. The summed E-state index contributed by atoms with van der Waals surface area (Å²) in [4.78, 5) is 24.1. The number of carbonyl (C=O) groups excluding carboxylic acids is 2. The Kier molecular flexibility index (Phi) is 3.19. The highest BCUT2D eigenvalue weighted by Crippen LogP contribution is 2.36. The lowest BCUT2D eigenvalue weighted by atomic mass is 9.84. The van der Waals surface area contributed by atoms with Gasteiger partial charge in [0.15, 0.2) is 0 Å². The molecule has 0 unspecified atom stereocenters. The van der Waals surface area contributed by atoms with Gasteiger partial charge in [0.25, 0.3) is 21.5 Å². The fourth-order valence-corrected chi connectivity index (χ4v) is 2.79. The Morgan fingerprint density at radius 1 is 0.850 bits per heavy atom. The van der Waals surface area contributed by atoms with Crippen LogP contribution >= 0.6 is 21.5 Å². The number of nitrogens with zero attached hydrogens (tertiary/aromatic N) is 1. The number of fused-ring (bicyclic) bond motifs is 3. The maximum absolute atomic E-state index is 12.1. The average molecular weight is 380 g/mol. The fourth-order valence-electron chi connectivity index (χ4n) is 2.26. The Bertz CT molecular complexity index is 757. The maximum Gasteiger partial charge on any atom is 0.262 e. The molecule has 0 amide bonds. The van der Waals surface area contributed by atoms with Crippen molar-refractivity contribution < 1.29 is 12.7 Å². The Balaban J connectivity index is 2.26. The second-order valence-corrected chi connectivity index (χ2v) is 5.52. The molecule has 0 saturated heterocycles. The molecule has 0 saturated carbocycles. The van der Waals surface area contributed by atoms with E-state index in [0.29, 0.717) is 20.0 Å². The van der Waals surface area contributed by atoms with E-state index >= 15 is 0 Å². The van der Waals surface area contributed by atoms with Crippen molar-refractivity contribution in [2.24, 2.45) is 0 Å². The number of hydrogen-bond donors (Lipinski definition) is 0. The molecule has 0 N–H and O–H groups in total. The van der Waals surface area contributed by atoms with Crippen molar-refractivity contribution in [2.45, 2.75) is 0 Å². The summed E-state index contributed by atoms with van der Waals surface area (Å²) in [5.74, 6) is -1.22. The Labute approximate surface area is 124 Å². The largest absolute Gasteiger partial charge is 0.748 e. The van der Waals surface area contributed by atoms with E-state index < -0.39 is 33.0 Å². The normalized spacial score (nSPS) is 12.8. The van der Waals surface area contributed by atoms with Gasteiger partial charge in [0.1, 0.15) is 0 Å². The summed E-state index contributed by atoms with van der Waals surface area (Å²) >= 11 is -1.90. The number of anilines is 1. The van der Waals surface area contributed by atoms with Gasteiger partial charge in [-0.1, -0.05) is 30.3 Å². The number of Topliss-reactive ketones (excluding diaryl/α,β-unsaturated/α-hetero) is 2. The molecule has 5 nitrogen and oxygen atoms in total. The lowest BCUT2D eigenvalue weighted by Crippen LogP contribution is -2.21. The number of carbonyl (C=O) groups is 2. The molecule has 0 bridgehead atoms. The van der Waals surface area contributed by atoms with Gasteiger partial charge >= 0.3 is 0 Å². The van der Waals surface area contributed by atoms with Crippen LogP contribution in [0, 0.1) is 5.21 Å². The zero-order valence-electron chi connectivity index (χ0n) is 10.00. The molecule has 0 atom stereocenters. The first-order chi connectivity index (χ1) is 9.63. The smallest absolute Gasteiger partial charge is 0.262 e. The summed E-state index contributed by atoms with van der Waals surface area (Å²) in [6.45, 7) is 0. The number of rotatable bonds is 2. The van der Waals surface area contributed by atoms with Gasteiger partial charge in [0, 0.05) is 16.8 Å². The van der Waals surface area contributed by atoms with Gasteiger partial charge in [0.05, 0.1) is 0 Å². The first kappa shape index (κ1) is 13.1. The molecule has 0 spiro atoms. The van der Waals surface area contributed by atoms with E-state index in [1.165, 1.54) is 12.1 Å². The number of benzene rings is 2. The zero-order valence-corrected chi connectivity index (χ0v) is 12.2. The van der Waals surface area contributed by atoms with Gasteiger partial charge in [-0.3, -0.25) is 9.59 Å². The maximum atomic E-state index is 12.1. The van der Waals surface area contributed by atoms with Crippen molar-refractivity contribution in [1.82, 2.24) is 0 Å². The second-order valence-electron chi connectivity index (χ2n) is 4.25. The van der Waals surface area contributed by atoms with Crippen molar-refractivity contribution in [2.75, 3.05) is 3.28 Å². The van der Waals surface area contributed by atoms with Crippen molar-refractivity contribution in [3.8, 4) is 11.1 Å². The molecular weight excluding hydrogens is 373 g/mol. The molecular formula is C14H7INO4-. The van der Waals surface area contributed by atoms with E-state index in [9.17, 15) is 17.9 Å². The highest BCUT2D eigenvalue weighted by atomic mass is 127.